The van der Waals surface area contributed by atoms with Gasteiger partial charge in [-0.15, -0.1) is 0 Å². The van der Waals surface area contributed by atoms with Crippen LogP contribution in [0.4, 0.5) is 0 Å². The molecule has 2 N–H and O–H groups in total. The predicted octanol–water partition coefficient (Wildman–Crippen LogP) is 0.0700. The van der Waals surface area contributed by atoms with Gasteiger partial charge in [-0.25, -0.2) is 8.42 Å². The minimum atomic E-state index is -3.18. The Morgan fingerprint density at radius 2 is 2.16 bits per heavy atom. The largest absolute Gasteiger partial charge is 0.493 e. The van der Waals surface area contributed by atoms with Crippen molar-refractivity contribution in [2.75, 3.05) is 18.6 Å². The Kier molecular flexibility index (Phi) is 3.64. The summed E-state index contributed by atoms with van der Waals surface area (Å²) in [6.45, 7) is 0. The number of para-hydroxylation sites is 1. The summed E-state index contributed by atoms with van der Waals surface area (Å²) < 4.78 is 33.7. The van der Waals surface area contributed by atoms with Gasteiger partial charge < -0.3 is 15.2 Å². The molecule has 0 radical (unpaired) electrons. The molecule has 1 saturated heterocycles. The van der Waals surface area contributed by atoms with Gasteiger partial charge in [0.15, 0.2) is 21.3 Å². The maximum Gasteiger partial charge on any atom is 0.179 e. The normalized spacial score (nSPS) is 24.7. The van der Waals surface area contributed by atoms with Crippen LogP contribution in [0.25, 0.3) is 0 Å². The van der Waals surface area contributed by atoms with Crippen molar-refractivity contribution in [1.82, 2.24) is 0 Å². The number of benzene rings is 1. The standard InChI is InChI=1S/C12H14N2O4S/c1-17-10-4-2-3-8(5-13)12(10)18-11-7-19(15,16)6-9(11)14/h2-4,9,11H,6-7,14H2,1H3. The predicted molar refractivity (Wildman–Crippen MR) is 68.8 cm³/mol. The van der Waals surface area contributed by atoms with Crippen LogP contribution in [0.5, 0.6) is 11.5 Å². The van der Waals surface area contributed by atoms with Crippen molar-refractivity contribution < 1.29 is 17.9 Å². The number of rotatable bonds is 3. The van der Waals surface area contributed by atoms with Crippen molar-refractivity contribution in [2.24, 2.45) is 5.73 Å². The molecule has 0 aliphatic carbocycles. The minimum absolute atomic E-state index is 0.102. The van der Waals surface area contributed by atoms with E-state index in [1.54, 1.807) is 18.2 Å². The van der Waals surface area contributed by atoms with Crippen LogP contribution in [-0.2, 0) is 9.84 Å². The van der Waals surface area contributed by atoms with E-state index in [9.17, 15) is 8.42 Å². The first-order valence-electron chi connectivity index (χ1n) is 5.66. The fraction of sp³-hybridized carbons (Fsp3) is 0.417. The van der Waals surface area contributed by atoms with Gasteiger partial charge in [-0.05, 0) is 12.1 Å². The van der Waals surface area contributed by atoms with Crippen LogP contribution in [0, 0.1) is 11.3 Å². The molecule has 0 saturated carbocycles. The maximum atomic E-state index is 11.5. The van der Waals surface area contributed by atoms with E-state index < -0.39 is 22.0 Å². The number of hydrogen-bond acceptors (Lipinski definition) is 6. The van der Waals surface area contributed by atoms with Crippen LogP contribution in [-0.4, -0.2) is 39.2 Å². The monoisotopic (exact) mass is 282 g/mol. The van der Waals surface area contributed by atoms with E-state index in [1.165, 1.54) is 7.11 Å². The van der Waals surface area contributed by atoms with Crippen LogP contribution in [0.2, 0.25) is 0 Å². The topological polar surface area (TPSA) is 102 Å². The Bertz CT molecular complexity index is 621. The molecule has 1 heterocycles. The molecular formula is C12H14N2O4S. The summed E-state index contributed by atoms with van der Waals surface area (Å²) in [5.74, 6) is 0.381. The lowest BCUT2D eigenvalue weighted by molar-refractivity contribution is 0.200. The molecule has 0 bridgehead atoms. The van der Waals surface area contributed by atoms with Crippen LogP contribution >= 0.6 is 0 Å². The SMILES string of the molecule is COc1cccc(C#N)c1OC1CS(=O)(=O)CC1N. The van der Waals surface area contributed by atoms with Gasteiger partial charge >= 0.3 is 0 Å². The van der Waals surface area contributed by atoms with Crippen LogP contribution in [0.1, 0.15) is 5.56 Å². The Hall–Kier alpha value is -1.78. The number of nitriles is 1. The molecule has 6 nitrogen and oxygen atoms in total. The van der Waals surface area contributed by atoms with Gasteiger partial charge in [0.1, 0.15) is 12.2 Å². The van der Waals surface area contributed by atoms with Crippen LogP contribution in [0.3, 0.4) is 0 Å². The first-order chi connectivity index (χ1) is 8.96. The van der Waals surface area contributed by atoms with Crippen molar-refractivity contribution in [1.29, 1.82) is 5.26 Å². The number of nitrogens with two attached hydrogens (primary N) is 1. The molecule has 1 aliphatic rings. The molecular weight excluding hydrogens is 268 g/mol. The third kappa shape index (κ3) is 2.80. The van der Waals surface area contributed by atoms with E-state index in [0.717, 1.165) is 0 Å². The second-order valence-corrected chi connectivity index (χ2v) is 6.50. The van der Waals surface area contributed by atoms with Gasteiger partial charge in [0, 0.05) is 0 Å². The van der Waals surface area contributed by atoms with Crippen LogP contribution < -0.4 is 15.2 Å². The molecule has 1 fully saturated rings. The highest BCUT2D eigenvalue weighted by atomic mass is 32.2. The van der Waals surface area contributed by atoms with Gasteiger partial charge in [-0.3, -0.25) is 0 Å². The molecule has 2 unspecified atom stereocenters. The van der Waals surface area contributed by atoms with Crippen LogP contribution in [0.15, 0.2) is 18.2 Å². The van der Waals surface area contributed by atoms with Gasteiger partial charge in [0.25, 0.3) is 0 Å². The van der Waals surface area contributed by atoms with Gasteiger partial charge in [0.05, 0.1) is 30.2 Å². The zero-order valence-corrected chi connectivity index (χ0v) is 11.2. The van der Waals surface area contributed by atoms with Crippen molar-refractivity contribution in [3.63, 3.8) is 0 Å². The molecule has 19 heavy (non-hydrogen) atoms. The van der Waals surface area contributed by atoms with Gasteiger partial charge in [-0.2, -0.15) is 5.26 Å². The smallest absolute Gasteiger partial charge is 0.179 e. The quantitative estimate of drug-likeness (QED) is 0.841. The third-order valence-electron chi connectivity index (χ3n) is 2.93. The van der Waals surface area contributed by atoms with Gasteiger partial charge in [-0.1, -0.05) is 6.07 Å². The molecule has 1 aromatic rings. The zero-order chi connectivity index (χ0) is 14.0. The molecule has 0 spiro atoms. The number of hydrogen-bond donors (Lipinski definition) is 1. The molecule has 1 aromatic carbocycles. The highest BCUT2D eigenvalue weighted by molar-refractivity contribution is 7.91. The van der Waals surface area contributed by atoms with E-state index in [2.05, 4.69) is 0 Å². The second kappa shape index (κ2) is 5.07. The molecule has 0 aromatic heterocycles. The summed E-state index contributed by atoms with van der Waals surface area (Å²) >= 11 is 0. The Morgan fingerprint density at radius 3 is 2.68 bits per heavy atom. The first-order valence-corrected chi connectivity index (χ1v) is 7.49. The summed E-state index contributed by atoms with van der Waals surface area (Å²) in [5, 5.41) is 9.05. The lowest BCUT2D eigenvalue weighted by atomic mass is 10.2. The average molecular weight is 282 g/mol. The van der Waals surface area contributed by atoms with Crippen molar-refractivity contribution in [3.05, 3.63) is 23.8 Å². The summed E-state index contributed by atoms with van der Waals surface area (Å²) in [5.41, 5.74) is 6.05. The van der Waals surface area contributed by atoms with Crippen molar-refractivity contribution >= 4 is 9.84 Å². The number of nitrogens with zero attached hydrogens (tertiary/aromatic N) is 1. The molecule has 7 heteroatoms. The highest BCUT2D eigenvalue weighted by Crippen LogP contribution is 2.32. The lowest BCUT2D eigenvalue weighted by Gasteiger charge is -2.19. The molecule has 2 rings (SSSR count). The van der Waals surface area contributed by atoms with E-state index in [4.69, 9.17) is 20.5 Å². The molecule has 1 aliphatic heterocycles. The number of methoxy groups -OCH3 is 1. The fourth-order valence-electron chi connectivity index (χ4n) is 2.00. The fourth-order valence-corrected chi connectivity index (χ4v) is 3.75. The van der Waals surface area contributed by atoms with Gasteiger partial charge in [0.2, 0.25) is 0 Å². The summed E-state index contributed by atoms with van der Waals surface area (Å²) in [6, 6.07) is 6.27. The second-order valence-electron chi connectivity index (χ2n) is 4.35. The van der Waals surface area contributed by atoms with Crippen molar-refractivity contribution in [2.45, 2.75) is 12.1 Å². The minimum Gasteiger partial charge on any atom is -0.493 e. The average Bonchev–Trinajstić information content (AvgIpc) is 2.62. The summed E-state index contributed by atoms with van der Waals surface area (Å²) in [4.78, 5) is 0. The Labute approximate surface area is 111 Å². The van der Waals surface area contributed by atoms with E-state index in [-0.39, 0.29) is 22.8 Å². The van der Waals surface area contributed by atoms with Crippen molar-refractivity contribution in [3.8, 4) is 17.6 Å². The van der Waals surface area contributed by atoms with E-state index in [1.807, 2.05) is 6.07 Å². The first kappa shape index (κ1) is 13.6. The highest BCUT2D eigenvalue weighted by Gasteiger charge is 2.37. The molecule has 2 atom stereocenters. The number of sulfone groups is 1. The third-order valence-corrected chi connectivity index (χ3v) is 4.66. The Morgan fingerprint density at radius 1 is 1.42 bits per heavy atom. The number of ether oxygens (including phenoxy) is 2. The zero-order valence-electron chi connectivity index (χ0n) is 10.4. The summed E-state index contributed by atoms with van der Waals surface area (Å²) in [6.07, 6.45) is -0.659. The molecule has 102 valence electrons. The van der Waals surface area contributed by atoms with E-state index in [0.29, 0.717) is 5.75 Å². The van der Waals surface area contributed by atoms with E-state index >= 15 is 0 Å². The summed E-state index contributed by atoms with van der Waals surface area (Å²) in [7, 11) is -1.72. The maximum absolute atomic E-state index is 11.5. The lowest BCUT2D eigenvalue weighted by Crippen LogP contribution is -2.37. The molecule has 0 amide bonds. The Balaban J connectivity index is 2.32.